The van der Waals surface area contributed by atoms with Gasteiger partial charge in [-0.15, -0.1) is 0 Å². The molecule has 1 aliphatic heterocycles. The Kier molecular flexibility index (Phi) is 8.96. The molecule has 1 aromatic rings. The minimum Gasteiger partial charge on any atom is -0.469 e. The number of aliphatic hydroxyl groups excluding tert-OH is 1. The maximum Gasteiger partial charge on any atom is 0.305 e. The molecule has 1 aliphatic carbocycles. The lowest BCUT2D eigenvalue weighted by Gasteiger charge is -2.20. The molecule has 1 heterocycles. The summed E-state index contributed by atoms with van der Waals surface area (Å²) in [5.41, 5.74) is 0.519. The van der Waals surface area contributed by atoms with E-state index in [2.05, 4.69) is 10.1 Å². The molecule has 8 heteroatoms. The second-order valence-electron chi connectivity index (χ2n) is 7.68. The van der Waals surface area contributed by atoms with E-state index < -0.39 is 5.41 Å². The molecular formula is C22H33FN2O5. The number of fused-ring (bicyclic) bond motifs is 1. The van der Waals surface area contributed by atoms with Crippen LogP contribution in [0.15, 0.2) is 12.1 Å². The number of aliphatic hydroxyl groups is 1. The number of ether oxygens (including phenoxy) is 1. The van der Waals surface area contributed by atoms with Crippen molar-refractivity contribution in [3.8, 4) is 0 Å². The van der Waals surface area contributed by atoms with Crippen LogP contribution < -0.4 is 10.2 Å². The SMILES string of the molecule is C.CO.COC(=O)CCCNC(=O)CN1C(=O)C(C)(C)c2c1ccc(C1CC1)c2F. The van der Waals surface area contributed by atoms with Gasteiger partial charge in [-0.05, 0) is 50.7 Å². The van der Waals surface area contributed by atoms with Crippen molar-refractivity contribution in [3.05, 3.63) is 29.1 Å². The van der Waals surface area contributed by atoms with Crippen molar-refractivity contribution in [1.82, 2.24) is 5.32 Å². The molecular weight excluding hydrogens is 391 g/mol. The normalized spacial score (nSPS) is 16.1. The number of carbonyl (C=O) groups is 3. The van der Waals surface area contributed by atoms with Crippen molar-refractivity contribution in [2.45, 2.75) is 58.3 Å². The number of rotatable bonds is 7. The summed E-state index contributed by atoms with van der Waals surface area (Å²) in [4.78, 5) is 37.5. The molecule has 0 atom stereocenters. The molecule has 1 saturated carbocycles. The van der Waals surface area contributed by atoms with Gasteiger partial charge in [0.2, 0.25) is 11.8 Å². The summed E-state index contributed by atoms with van der Waals surface area (Å²) >= 11 is 0. The number of benzene rings is 1. The van der Waals surface area contributed by atoms with E-state index in [1.54, 1.807) is 26.0 Å². The molecule has 168 valence electrons. The fourth-order valence-corrected chi connectivity index (χ4v) is 3.58. The Morgan fingerprint density at radius 2 is 1.93 bits per heavy atom. The van der Waals surface area contributed by atoms with Crippen LogP contribution in [-0.4, -0.2) is 50.2 Å². The third kappa shape index (κ3) is 5.16. The van der Waals surface area contributed by atoms with Gasteiger partial charge in [0.05, 0.1) is 18.2 Å². The Balaban J connectivity index is 0.00000146. The molecule has 30 heavy (non-hydrogen) atoms. The number of carbonyl (C=O) groups excluding carboxylic acids is 3. The first kappa shape index (κ1) is 25.6. The van der Waals surface area contributed by atoms with E-state index in [4.69, 9.17) is 5.11 Å². The molecule has 3 rings (SSSR count). The van der Waals surface area contributed by atoms with Gasteiger partial charge >= 0.3 is 5.97 Å². The minimum atomic E-state index is -1.00. The molecule has 1 aromatic carbocycles. The van der Waals surface area contributed by atoms with Crippen LogP contribution in [0.2, 0.25) is 0 Å². The van der Waals surface area contributed by atoms with E-state index in [-0.39, 0.29) is 49.9 Å². The standard InChI is InChI=1S/C20H25FN2O4.CH4O.CH4/c1-20(2)17-14(9-8-13(18(17)21)12-6-7-12)23(19(20)26)11-15(24)22-10-4-5-16(25)27-3;1-2;/h8-9,12H,4-7,10-11H2,1-3H3,(H,22,24);2H,1H3;1H4. The number of amides is 2. The van der Waals surface area contributed by atoms with E-state index in [1.807, 2.05) is 0 Å². The van der Waals surface area contributed by atoms with Gasteiger partial charge < -0.3 is 20.1 Å². The van der Waals surface area contributed by atoms with Crippen LogP contribution in [-0.2, 0) is 24.5 Å². The summed E-state index contributed by atoms with van der Waals surface area (Å²) in [7, 11) is 2.31. The Hall–Kier alpha value is -2.48. The largest absolute Gasteiger partial charge is 0.469 e. The quantitative estimate of drug-likeness (QED) is 0.518. The first-order valence-electron chi connectivity index (χ1n) is 9.70. The maximum atomic E-state index is 15.1. The second kappa shape index (κ2) is 10.5. The molecule has 0 aromatic heterocycles. The van der Waals surface area contributed by atoms with Gasteiger partial charge in [-0.25, -0.2) is 4.39 Å². The molecule has 0 spiro atoms. The van der Waals surface area contributed by atoms with Crippen LogP contribution in [0.25, 0.3) is 0 Å². The van der Waals surface area contributed by atoms with Crippen LogP contribution in [0.3, 0.4) is 0 Å². The molecule has 2 N–H and O–H groups in total. The Bertz CT molecular complexity index is 790. The number of anilines is 1. The van der Waals surface area contributed by atoms with Gasteiger partial charge in [0, 0.05) is 25.6 Å². The van der Waals surface area contributed by atoms with Crippen molar-refractivity contribution in [3.63, 3.8) is 0 Å². The Morgan fingerprint density at radius 3 is 2.50 bits per heavy atom. The number of halogens is 1. The fraction of sp³-hybridized carbons (Fsp3) is 0.591. The van der Waals surface area contributed by atoms with Gasteiger partial charge in [-0.2, -0.15) is 0 Å². The van der Waals surface area contributed by atoms with Crippen LogP contribution in [0, 0.1) is 5.82 Å². The van der Waals surface area contributed by atoms with Gasteiger partial charge in [-0.1, -0.05) is 13.5 Å². The van der Waals surface area contributed by atoms with E-state index in [0.717, 1.165) is 20.0 Å². The highest BCUT2D eigenvalue weighted by molar-refractivity contribution is 6.10. The average Bonchev–Trinajstić information content (AvgIpc) is 3.52. The van der Waals surface area contributed by atoms with Crippen molar-refractivity contribution < 1.29 is 28.6 Å². The zero-order valence-electron chi connectivity index (χ0n) is 17.4. The molecule has 0 bridgehead atoms. The third-order valence-electron chi connectivity index (χ3n) is 5.27. The van der Waals surface area contributed by atoms with Crippen LogP contribution in [0.5, 0.6) is 0 Å². The smallest absolute Gasteiger partial charge is 0.305 e. The van der Waals surface area contributed by atoms with Gasteiger partial charge in [-0.3, -0.25) is 14.4 Å². The van der Waals surface area contributed by atoms with Crippen molar-refractivity contribution in [1.29, 1.82) is 0 Å². The second-order valence-corrected chi connectivity index (χ2v) is 7.68. The molecule has 0 radical (unpaired) electrons. The zero-order valence-corrected chi connectivity index (χ0v) is 17.4. The summed E-state index contributed by atoms with van der Waals surface area (Å²) in [6, 6.07) is 3.49. The molecule has 1 fully saturated rings. The number of hydrogen-bond donors (Lipinski definition) is 2. The topological polar surface area (TPSA) is 95.9 Å². The van der Waals surface area contributed by atoms with E-state index >= 15 is 4.39 Å². The number of esters is 1. The summed E-state index contributed by atoms with van der Waals surface area (Å²) in [5.74, 6) is -1.03. The fourth-order valence-electron chi connectivity index (χ4n) is 3.58. The number of nitrogens with one attached hydrogen (secondary N) is 1. The summed E-state index contributed by atoms with van der Waals surface area (Å²) in [6.07, 6.45) is 2.61. The Morgan fingerprint density at radius 1 is 1.30 bits per heavy atom. The summed E-state index contributed by atoms with van der Waals surface area (Å²) < 4.78 is 19.6. The predicted octanol–water partition coefficient (Wildman–Crippen LogP) is 2.64. The van der Waals surface area contributed by atoms with Crippen LogP contribution >= 0.6 is 0 Å². The molecule has 0 saturated heterocycles. The van der Waals surface area contributed by atoms with Crippen LogP contribution in [0.4, 0.5) is 10.1 Å². The van der Waals surface area contributed by atoms with Gasteiger partial charge in [0.15, 0.2) is 0 Å². The van der Waals surface area contributed by atoms with Crippen molar-refractivity contribution in [2.24, 2.45) is 0 Å². The third-order valence-corrected chi connectivity index (χ3v) is 5.27. The molecule has 7 nitrogen and oxygen atoms in total. The highest BCUT2D eigenvalue weighted by atomic mass is 19.1. The van der Waals surface area contributed by atoms with Crippen molar-refractivity contribution in [2.75, 3.05) is 32.2 Å². The Labute approximate surface area is 177 Å². The molecule has 2 amide bonds. The number of nitrogens with zero attached hydrogens (tertiary/aromatic N) is 1. The lowest BCUT2D eigenvalue weighted by Crippen LogP contribution is -2.43. The highest BCUT2D eigenvalue weighted by Crippen LogP contribution is 2.48. The molecule has 2 aliphatic rings. The highest BCUT2D eigenvalue weighted by Gasteiger charge is 2.47. The minimum absolute atomic E-state index is 0. The maximum absolute atomic E-state index is 15.1. The molecule has 0 unspecified atom stereocenters. The zero-order chi connectivity index (χ0) is 21.8. The number of hydrogen-bond acceptors (Lipinski definition) is 5. The monoisotopic (exact) mass is 424 g/mol. The van der Waals surface area contributed by atoms with E-state index in [0.29, 0.717) is 29.8 Å². The van der Waals surface area contributed by atoms with E-state index in [1.165, 1.54) is 12.0 Å². The summed E-state index contributed by atoms with van der Waals surface area (Å²) in [6.45, 7) is 3.53. The van der Waals surface area contributed by atoms with Gasteiger partial charge in [0.1, 0.15) is 12.4 Å². The van der Waals surface area contributed by atoms with E-state index in [9.17, 15) is 14.4 Å². The number of methoxy groups -OCH3 is 1. The lowest BCUT2D eigenvalue weighted by atomic mass is 9.84. The first-order chi connectivity index (χ1) is 13.8. The van der Waals surface area contributed by atoms with Crippen LogP contribution in [0.1, 0.15) is 64.0 Å². The van der Waals surface area contributed by atoms with Crippen molar-refractivity contribution >= 4 is 23.5 Å². The predicted molar refractivity (Wildman–Crippen MR) is 113 cm³/mol. The van der Waals surface area contributed by atoms with Gasteiger partial charge in [0.25, 0.3) is 0 Å². The average molecular weight is 425 g/mol. The first-order valence-corrected chi connectivity index (χ1v) is 9.70. The lowest BCUT2D eigenvalue weighted by molar-refractivity contribution is -0.140. The summed E-state index contributed by atoms with van der Waals surface area (Å²) in [5, 5.41) is 9.69.